The summed E-state index contributed by atoms with van der Waals surface area (Å²) in [4.78, 5) is 19.1. The van der Waals surface area contributed by atoms with Crippen molar-refractivity contribution in [2.45, 2.75) is 25.8 Å². The van der Waals surface area contributed by atoms with Crippen molar-refractivity contribution in [2.75, 3.05) is 38.2 Å². The van der Waals surface area contributed by atoms with E-state index in [4.69, 9.17) is 4.74 Å². The maximum atomic E-state index is 12.7. The van der Waals surface area contributed by atoms with Crippen LogP contribution in [0.15, 0.2) is 36.8 Å². The predicted molar refractivity (Wildman–Crippen MR) is 103 cm³/mol. The summed E-state index contributed by atoms with van der Waals surface area (Å²) < 4.78 is 7.37. The van der Waals surface area contributed by atoms with Gasteiger partial charge in [0.15, 0.2) is 0 Å². The Bertz CT molecular complexity index is 717. The first-order valence-corrected chi connectivity index (χ1v) is 9.82. The van der Waals surface area contributed by atoms with E-state index in [9.17, 15) is 4.79 Å². The summed E-state index contributed by atoms with van der Waals surface area (Å²) in [5.74, 6) is 2.03. The molecule has 2 aliphatic rings. The van der Waals surface area contributed by atoms with Crippen LogP contribution in [0, 0.1) is 11.8 Å². The number of rotatable bonds is 6. The van der Waals surface area contributed by atoms with Gasteiger partial charge in [-0.25, -0.2) is 4.98 Å². The van der Waals surface area contributed by atoms with Crippen LogP contribution in [0.4, 0.5) is 5.82 Å². The van der Waals surface area contributed by atoms with E-state index in [0.717, 1.165) is 64.5 Å². The minimum Gasteiger partial charge on any atom is -0.381 e. The molecule has 2 aliphatic heterocycles. The Kier molecular flexibility index (Phi) is 5.67. The van der Waals surface area contributed by atoms with Gasteiger partial charge in [0.2, 0.25) is 0 Å². The van der Waals surface area contributed by atoms with Gasteiger partial charge in [-0.3, -0.25) is 9.48 Å². The van der Waals surface area contributed by atoms with E-state index in [1.807, 2.05) is 40.2 Å². The fourth-order valence-electron chi connectivity index (χ4n) is 3.79. The van der Waals surface area contributed by atoms with Crippen molar-refractivity contribution in [1.82, 2.24) is 19.7 Å². The van der Waals surface area contributed by atoms with E-state index >= 15 is 0 Å². The molecule has 1 amide bonds. The van der Waals surface area contributed by atoms with Crippen molar-refractivity contribution in [3.63, 3.8) is 0 Å². The van der Waals surface area contributed by atoms with Crippen LogP contribution in [0.2, 0.25) is 0 Å². The number of carbonyl (C=O) groups is 1. The van der Waals surface area contributed by atoms with Crippen molar-refractivity contribution < 1.29 is 9.53 Å². The normalized spacial score (nSPS) is 20.7. The molecule has 1 atom stereocenters. The van der Waals surface area contributed by atoms with Crippen LogP contribution < -0.4 is 5.32 Å². The molecular formula is C20H27N5O2. The number of ether oxygens (including phenoxy) is 1. The van der Waals surface area contributed by atoms with Crippen LogP contribution in [0.1, 0.15) is 29.6 Å². The first kappa shape index (κ1) is 18.0. The maximum Gasteiger partial charge on any atom is 0.255 e. The lowest BCUT2D eigenvalue weighted by Gasteiger charge is -2.32. The maximum absolute atomic E-state index is 12.7. The monoisotopic (exact) mass is 369 g/mol. The topological polar surface area (TPSA) is 72.3 Å². The number of hydrogen-bond donors (Lipinski definition) is 1. The molecule has 0 unspecified atom stereocenters. The Balaban J connectivity index is 1.25. The molecule has 0 radical (unpaired) electrons. The number of likely N-dealkylation sites (tertiary alicyclic amines) is 1. The molecule has 1 N–H and O–H groups in total. The second kappa shape index (κ2) is 8.52. The molecule has 0 aliphatic carbocycles. The van der Waals surface area contributed by atoms with Crippen LogP contribution in [0.3, 0.4) is 0 Å². The third-order valence-corrected chi connectivity index (χ3v) is 5.51. The first-order chi connectivity index (χ1) is 13.3. The molecule has 7 heteroatoms. The van der Waals surface area contributed by atoms with Gasteiger partial charge in [-0.2, -0.15) is 5.10 Å². The Morgan fingerprint density at radius 1 is 1.22 bits per heavy atom. The minimum atomic E-state index is 0.0794. The highest BCUT2D eigenvalue weighted by Crippen LogP contribution is 2.21. The predicted octanol–water partition coefficient (Wildman–Crippen LogP) is 2.28. The van der Waals surface area contributed by atoms with Crippen LogP contribution in [0.5, 0.6) is 0 Å². The van der Waals surface area contributed by atoms with Gasteiger partial charge in [0.1, 0.15) is 5.82 Å². The summed E-state index contributed by atoms with van der Waals surface area (Å²) in [6.45, 7) is 5.07. The zero-order valence-electron chi connectivity index (χ0n) is 15.6. The molecule has 4 rings (SSSR count). The number of carbonyl (C=O) groups excluding carboxylic acids is 1. The summed E-state index contributed by atoms with van der Waals surface area (Å²) in [5, 5.41) is 7.61. The van der Waals surface area contributed by atoms with Gasteiger partial charge in [-0.05, 0) is 43.4 Å². The van der Waals surface area contributed by atoms with Gasteiger partial charge in [-0.1, -0.05) is 0 Å². The van der Waals surface area contributed by atoms with Crippen LogP contribution in [-0.4, -0.2) is 58.4 Å². The molecule has 2 fully saturated rings. The highest BCUT2D eigenvalue weighted by Gasteiger charge is 2.24. The third-order valence-electron chi connectivity index (χ3n) is 5.51. The van der Waals surface area contributed by atoms with Gasteiger partial charge >= 0.3 is 0 Å². The number of nitrogens with one attached hydrogen (secondary N) is 1. The molecule has 144 valence electrons. The molecule has 4 heterocycles. The van der Waals surface area contributed by atoms with E-state index in [0.29, 0.717) is 17.4 Å². The van der Waals surface area contributed by atoms with Gasteiger partial charge in [0, 0.05) is 57.3 Å². The average Bonchev–Trinajstić information content (AvgIpc) is 3.41. The summed E-state index contributed by atoms with van der Waals surface area (Å²) in [6, 6.07) is 5.72. The van der Waals surface area contributed by atoms with Crippen LogP contribution >= 0.6 is 0 Å². The number of amides is 1. The van der Waals surface area contributed by atoms with Gasteiger partial charge in [-0.15, -0.1) is 0 Å². The molecule has 0 spiro atoms. The second-order valence-corrected chi connectivity index (χ2v) is 7.51. The number of hydrogen-bond acceptors (Lipinski definition) is 5. The molecule has 2 aromatic heterocycles. The lowest BCUT2D eigenvalue weighted by molar-refractivity contribution is 0.0681. The Morgan fingerprint density at radius 3 is 2.78 bits per heavy atom. The Morgan fingerprint density at radius 2 is 2.11 bits per heavy atom. The second-order valence-electron chi connectivity index (χ2n) is 7.51. The van der Waals surface area contributed by atoms with Crippen molar-refractivity contribution in [3.05, 3.63) is 42.4 Å². The molecule has 0 bridgehead atoms. The van der Waals surface area contributed by atoms with Gasteiger partial charge in [0.05, 0.1) is 12.2 Å². The molecule has 27 heavy (non-hydrogen) atoms. The molecule has 7 nitrogen and oxygen atoms in total. The van der Waals surface area contributed by atoms with Gasteiger partial charge in [0.25, 0.3) is 5.91 Å². The number of pyridine rings is 1. The fourth-order valence-corrected chi connectivity index (χ4v) is 3.79. The number of piperidine rings is 1. The molecule has 0 saturated carbocycles. The summed E-state index contributed by atoms with van der Waals surface area (Å²) in [7, 11) is 0. The first-order valence-electron chi connectivity index (χ1n) is 9.82. The molecule has 0 aromatic carbocycles. The van der Waals surface area contributed by atoms with Crippen LogP contribution in [-0.2, 0) is 11.3 Å². The summed E-state index contributed by atoms with van der Waals surface area (Å²) >= 11 is 0. The fraction of sp³-hybridized carbons (Fsp3) is 0.550. The summed E-state index contributed by atoms with van der Waals surface area (Å²) in [5.41, 5.74) is 0.662. The zero-order chi connectivity index (χ0) is 18.5. The van der Waals surface area contributed by atoms with E-state index in [2.05, 4.69) is 15.4 Å². The quantitative estimate of drug-likeness (QED) is 0.846. The zero-order valence-corrected chi connectivity index (χ0v) is 15.6. The largest absolute Gasteiger partial charge is 0.381 e. The van der Waals surface area contributed by atoms with Crippen molar-refractivity contribution in [1.29, 1.82) is 0 Å². The lowest BCUT2D eigenvalue weighted by atomic mass is 9.96. The highest BCUT2D eigenvalue weighted by atomic mass is 16.5. The highest BCUT2D eigenvalue weighted by molar-refractivity contribution is 5.94. The number of aromatic nitrogens is 3. The van der Waals surface area contributed by atoms with Crippen molar-refractivity contribution in [3.8, 4) is 0 Å². The Labute approximate surface area is 159 Å². The van der Waals surface area contributed by atoms with E-state index in [-0.39, 0.29) is 5.91 Å². The number of nitrogens with zero attached hydrogens (tertiary/aromatic N) is 4. The third kappa shape index (κ3) is 4.66. The standard InChI is InChI=1S/C20H27N5O2/c26-20(24-9-4-16(5-10-24)14-25-8-1-7-23-25)18-2-3-19(22-13-18)21-12-17-6-11-27-15-17/h1-3,7-8,13,16-17H,4-6,9-12,14-15H2,(H,21,22)/t17-/m0/s1. The van der Waals surface area contributed by atoms with Crippen molar-refractivity contribution in [2.24, 2.45) is 11.8 Å². The van der Waals surface area contributed by atoms with Crippen molar-refractivity contribution >= 4 is 11.7 Å². The smallest absolute Gasteiger partial charge is 0.255 e. The molecular weight excluding hydrogens is 342 g/mol. The molecule has 2 aromatic rings. The minimum absolute atomic E-state index is 0.0794. The summed E-state index contributed by atoms with van der Waals surface area (Å²) in [6.07, 6.45) is 8.63. The average molecular weight is 369 g/mol. The van der Waals surface area contributed by atoms with Crippen LogP contribution in [0.25, 0.3) is 0 Å². The molecule has 2 saturated heterocycles. The SMILES string of the molecule is O=C(c1ccc(NC[C@@H]2CCOC2)nc1)N1CCC(Cn2cccn2)CC1. The van der Waals surface area contributed by atoms with E-state index < -0.39 is 0 Å². The number of anilines is 1. The van der Waals surface area contributed by atoms with Gasteiger partial charge < -0.3 is 15.0 Å². The van der Waals surface area contributed by atoms with E-state index in [1.54, 1.807) is 6.20 Å². The Hall–Kier alpha value is -2.41. The van der Waals surface area contributed by atoms with E-state index in [1.165, 1.54) is 0 Å². The lowest BCUT2D eigenvalue weighted by Crippen LogP contribution is -2.39.